The van der Waals surface area contributed by atoms with Crippen LogP contribution in [0.1, 0.15) is 219 Å². The van der Waals surface area contributed by atoms with Crippen molar-refractivity contribution in [2.24, 2.45) is 0 Å². The summed E-state index contributed by atoms with van der Waals surface area (Å²) in [5.74, 6) is -0.142. The van der Waals surface area contributed by atoms with Gasteiger partial charge in [0.1, 0.15) is 24.4 Å². The maximum Gasteiger partial charge on any atom is 0.220 e. The predicted molar refractivity (Wildman–Crippen MR) is 217 cm³/mol. The molecule has 0 bridgehead atoms. The Morgan fingerprint density at radius 3 is 1.34 bits per heavy atom. The van der Waals surface area contributed by atoms with Crippen LogP contribution in [0, 0.1) is 0 Å². The van der Waals surface area contributed by atoms with E-state index in [1.54, 1.807) is 0 Å². The highest BCUT2D eigenvalue weighted by Crippen LogP contribution is 2.23. The molecule has 1 aliphatic heterocycles. The summed E-state index contributed by atoms with van der Waals surface area (Å²) in [7, 11) is 0. The van der Waals surface area contributed by atoms with Crippen molar-refractivity contribution in [2.45, 2.75) is 262 Å². The van der Waals surface area contributed by atoms with Gasteiger partial charge in [-0.05, 0) is 12.8 Å². The van der Waals surface area contributed by atoms with Gasteiger partial charge in [-0.25, -0.2) is 0 Å². The normalized spacial score (nSPS) is 21.5. The number of aliphatic hydroxyl groups is 5. The van der Waals surface area contributed by atoms with Crippen molar-refractivity contribution < 1.29 is 39.8 Å². The van der Waals surface area contributed by atoms with Gasteiger partial charge in [0, 0.05) is 6.42 Å². The molecule has 9 nitrogen and oxygen atoms in total. The summed E-state index contributed by atoms with van der Waals surface area (Å²) in [5, 5.41) is 54.3. The van der Waals surface area contributed by atoms with Crippen LogP contribution in [0.3, 0.4) is 0 Å². The third kappa shape index (κ3) is 26.6. The minimum Gasteiger partial charge on any atom is -0.394 e. The molecule has 1 amide bonds. The molecule has 0 aliphatic carbocycles. The van der Waals surface area contributed by atoms with E-state index in [-0.39, 0.29) is 12.5 Å². The quantitative estimate of drug-likeness (QED) is 0.0342. The Bertz CT molecular complexity index is 801. The van der Waals surface area contributed by atoms with Gasteiger partial charge in [-0.2, -0.15) is 0 Å². The largest absolute Gasteiger partial charge is 0.394 e. The van der Waals surface area contributed by atoms with Gasteiger partial charge in [0.2, 0.25) is 5.91 Å². The van der Waals surface area contributed by atoms with Crippen molar-refractivity contribution >= 4 is 5.91 Å². The second kappa shape index (κ2) is 35.6. The number of rotatable bonds is 38. The van der Waals surface area contributed by atoms with Gasteiger partial charge in [-0.15, -0.1) is 0 Å². The summed E-state index contributed by atoms with van der Waals surface area (Å²) < 4.78 is 11.2. The molecule has 0 aromatic rings. The molecule has 1 saturated heterocycles. The Morgan fingerprint density at radius 2 is 0.943 bits per heavy atom. The third-order valence-electron chi connectivity index (χ3n) is 11.2. The Hall–Kier alpha value is -0.810. The lowest BCUT2D eigenvalue weighted by molar-refractivity contribution is -0.302. The maximum absolute atomic E-state index is 12.9. The van der Waals surface area contributed by atoms with Gasteiger partial charge >= 0.3 is 0 Å². The van der Waals surface area contributed by atoms with Crippen LogP contribution >= 0.6 is 0 Å². The summed E-state index contributed by atoms with van der Waals surface area (Å²) in [6.45, 7) is 3.84. The van der Waals surface area contributed by atoms with Crippen LogP contribution in [0.2, 0.25) is 0 Å². The molecule has 53 heavy (non-hydrogen) atoms. The first kappa shape index (κ1) is 50.2. The molecule has 0 aromatic heterocycles. The van der Waals surface area contributed by atoms with Crippen molar-refractivity contribution in [2.75, 3.05) is 13.2 Å². The van der Waals surface area contributed by atoms with Crippen LogP contribution in [0.25, 0.3) is 0 Å². The first-order valence-electron chi connectivity index (χ1n) is 22.7. The van der Waals surface area contributed by atoms with Crippen LogP contribution < -0.4 is 5.32 Å². The van der Waals surface area contributed by atoms with Crippen molar-refractivity contribution in [1.29, 1.82) is 0 Å². The number of aliphatic hydroxyl groups excluding tert-OH is 5. The summed E-state index contributed by atoms with van der Waals surface area (Å²) in [6.07, 6.45) is 31.0. The standard InChI is InChI=1S/C44H87NO8/c1-3-5-7-9-11-13-15-17-18-19-20-22-23-25-27-29-31-33-38(47)37(36-52-44-43(51)42(50)41(49)39(35-46)53-44)45-40(48)34-32-30-28-26-24-21-16-14-12-10-8-6-4-2/h37-39,41-44,46-47,49-51H,3-36H2,1-2H3,(H,45,48)/t37-,38+,39+,41-,42?,43?,44+/m0/s1. The fourth-order valence-electron chi connectivity index (χ4n) is 7.51. The number of hydrogen-bond donors (Lipinski definition) is 6. The first-order chi connectivity index (χ1) is 25.8. The Kier molecular flexibility index (Phi) is 33.7. The number of carbonyl (C=O) groups is 1. The van der Waals surface area contributed by atoms with Gasteiger partial charge in [-0.1, -0.05) is 200 Å². The number of ether oxygens (including phenoxy) is 2. The zero-order chi connectivity index (χ0) is 38.8. The van der Waals surface area contributed by atoms with E-state index < -0.39 is 49.5 Å². The number of carbonyl (C=O) groups excluding carboxylic acids is 1. The fourth-order valence-corrected chi connectivity index (χ4v) is 7.51. The maximum atomic E-state index is 12.9. The molecule has 2 unspecified atom stereocenters. The Balaban J connectivity index is 2.32. The number of amides is 1. The Morgan fingerprint density at radius 1 is 0.566 bits per heavy atom. The van der Waals surface area contributed by atoms with E-state index in [1.165, 1.54) is 154 Å². The van der Waals surface area contributed by atoms with E-state index in [2.05, 4.69) is 19.2 Å². The highest BCUT2D eigenvalue weighted by Gasteiger charge is 2.44. The SMILES string of the molecule is CCCCCCCCCCCCCCCCCCC[C@@H](O)[C@H](CO[C@@H]1O[C@H](CO)[C@H](O)C(O)C1O)NC(=O)CCCCCCCCCCCCCCC. The molecule has 1 aliphatic rings. The zero-order valence-electron chi connectivity index (χ0n) is 34.5. The van der Waals surface area contributed by atoms with E-state index in [9.17, 15) is 30.3 Å². The Labute approximate surface area is 325 Å². The molecule has 1 fully saturated rings. The smallest absolute Gasteiger partial charge is 0.220 e. The summed E-state index contributed by atoms with van der Waals surface area (Å²) in [4.78, 5) is 12.9. The van der Waals surface area contributed by atoms with Gasteiger partial charge in [0.25, 0.3) is 0 Å². The van der Waals surface area contributed by atoms with Crippen molar-refractivity contribution in [3.05, 3.63) is 0 Å². The molecule has 1 heterocycles. The molecule has 7 atom stereocenters. The molecular weight excluding hydrogens is 670 g/mol. The number of unbranched alkanes of at least 4 members (excludes halogenated alkanes) is 28. The lowest BCUT2D eigenvalue weighted by atomic mass is 9.99. The van der Waals surface area contributed by atoms with E-state index in [0.717, 1.165) is 38.5 Å². The molecule has 0 aromatic carbocycles. The molecule has 6 N–H and O–H groups in total. The van der Waals surface area contributed by atoms with Crippen LogP contribution in [0.15, 0.2) is 0 Å². The van der Waals surface area contributed by atoms with E-state index in [1.807, 2.05) is 0 Å². The average molecular weight is 758 g/mol. The van der Waals surface area contributed by atoms with Gasteiger partial charge in [0.15, 0.2) is 6.29 Å². The molecular formula is C44H87NO8. The van der Waals surface area contributed by atoms with Gasteiger partial charge in [0.05, 0.1) is 25.4 Å². The zero-order valence-corrected chi connectivity index (χ0v) is 34.5. The van der Waals surface area contributed by atoms with Crippen LogP contribution in [0.5, 0.6) is 0 Å². The van der Waals surface area contributed by atoms with Crippen LogP contribution in [-0.4, -0.2) is 87.5 Å². The van der Waals surface area contributed by atoms with E-state index >= 15 is 0 Å². The molecule has 9 heteroatoms. The van der Waals surface area contributed by atoms with Crippen LogP contribution in [0.4, 0.5) is 0 Å². The first-order valence-corrected chi connectivity index (χ1v) is 22.7. The van der Waals surface area contributed by atoms with E-state index in [4.69, 9.17) is 9.47 Å². The second-order valence-electron chi connectivity index (χ2n) is 16.2. The molecule has 316 valence electrons. The fraction of sp³-hybridized carbons (Fsp3) is 0.977. The van der Waals surface area contributed by atoms with Crippen LogP contribution in [-0.2, 0) is 14.3 Å². The molecule has 0 saturated carbocycles. The number of nitrogens with one attached hydrogen (secondary N) is 1. The topological polar surface area (TPSA) is 149 Å². The molecule has 0 radical (unpaired) electrons. The third-order valence-corrected chi connectivity index (χ3v) is 11.2. The molecule has 0 spiro atoms. The van der Waals surface area contributed by atoms with Crippen molar-refractivity contribution in [3.63, 3.8) is 0 Å². The summed E-state index contributed by atoms with van der Waals surface area (Å²) in [5.41, 5.74) is 0. The minimum atomic E-state index is -1.55. The summed E-state index contributed by atoms with van der Waals surface area (Å²) in [6, 6.07) is -0.710. The number of hydrogen-bond acceptors (Lipinski definition) is 8. The van der Waals surface area contributed by atoms with Gasteiger partial charge in [-0.3, -0.25) is 4.79 Å². The lowest BCUT2D eigenvalue weighted by Crippen LogP contribution is -2.60. The lowest BCUT2D eigenvalue weighted by Gasteiger charge is -2.40. The van der Waals surface area contributed by atoms with Crippen molar-refractivity contribution in [1.82, 2.24) is 5.32 Å². The average Bonchev–Trinajstić information content (AvgIpc) is 3.16. The predicted octanol–water partition coefficient (Wildman–Crippen LogP) is 9.17. The van der Waals surface area contributed by atoms with Gasteiger partial charge < -0.3 is 40.3 Å². The second-order valence-corrected chi connectivity index (χ2v) is 16.2. The monoisotopic (exact) mass is 758 g/mol. The molecule has 1 rings (SSSR count). The summed E-state index contributed by atoms with van der Waals surface area (Å²) >= 11 is 0. The minimum absolute atomic E-state index is 0.132. The van der Waals surface area contributed by atoms with E-state index in [0.29, 0.717) is 12.8 Å². The van der Waals surface area contributed by atoms with Crippen molar-refractivity contribution in [3.8, 4) is 0 Å². The highest BCUT2D eigenvalue weighted by molar-refractivity contribution is 5.76. The highest BCUT2D eigenvalue weighted by atomic mass is 16.7.